The van der Waals surface area contributed by atoms with Crippen LogP contribution in [0.1, 0.15) is 26.5 Å². The summed E-state index contributed by atoms with van der Waals surface area (Å²) in [4.78, 5) is 10.9. The Morgan fingerprint density at radius 2 is 1.95 bits per heavy atom. The average Bonchev–Trinajstić information content (AvgIpc) is 2.95. The zero-order chi connectivity index (χ0) is 14.4. The lowest BCUT2D eigenvalue weighted by atomic mass is 10.3. The Hall–Kier alpha value is -2.04. The van der Waals surface area contributed by atoms with Gasteiger partial charge in [0.1, 0.15) is 5.82 Å². The molecule has 0 fully saturated rings. The maximum absolute atomic E-state index is 4.50. The van der Waals surface area contributed by atoms with Crippen molar-refractivity contribution in [1.82, 2.24) is 14.5 Å². The van der Waals surface area contributed by atoms with E-state index in [1.807, 2.05) is 18.7 Å². The Kier molecular flexibility index (Phi) is 4.98. The second kappa shape index (κ2) is 6.93. The van der Waals surface area contributed by atoms with Gasteiger partial charge >= 0.3 is 0 Å². The minimum atomic E-state index is 0.764. The first-order valence-electron chi connectivity index (χ1n) is 7.22. The Morgan fingerprint density at radius 3 is 2.55 bits per heavy atom. The normalized spacial score (nSPS) is 10.6. The van der Waals surface area contributed by atoms with E-state index in [0.717, 1.165) is 37.7 Å². The van der Waals surface area contributed by atoms with Crippen molar-refractivity contribution in [1.29, 1.82) is 0 Å². The van der Waals surface area contributed by atoms with Crippen LogP contribution in [0.2, 0.25) is 0 Å². The number of rotatable bonds is 7. The number of nitrogens with one attached hydrogen (secondary N) is 1. The molecule has 0 radical (unpaired) electrons. The van der Waals surface area contributed by atoms with Gasteiger partial charge in [-0.05, 0) is 32.9 Å². The molecule has 2 aromatic heterocycles. The van der Waals surface area contributed by atoms with E-state index in [1.54, 1.807) is 0 Å². The van der Waals surface area contributed by atoms with Crippen LogP contribution in [0.25, 0.3) is 0 Å². The third-order valence-corrected chi connectivity index (χ3v) is 3.45. The molecule has 1 N–H and O–H groups in total. The van der Waals surface area contributed by atoms with Gasteiger partial charge in [0.2, 0.25) is 0 Å². The monoisotopic (exact) mass is 273 g/mol. The van der Waals surface area contributed by atoms with Crippen molar-refractivity contribution >= 4 is 11.5 Å². The van der Waals surface area contributed by atoms with Crippen molar-refractivity contribution in [2.45, 2.75) is 33.9 Å². The summed E-state index contributed by atoms with van der Waals surface area (Å²) in [5, 5.41) is 3.38. The van der Waals surface area contributed by atoms with Crippen molar-refractivity contribution in [3.8, 4) is 0 Å². The van der Waals surface area contributed by atoms with E-state index in [4.69, 9.17) is 0 Å². The molecule has 108 valence electrons. The summed E-state index contributed by atoms with van der Waals surface area (Å²) in [6.07, 6.45) is 5.65. The van der Waals surface area contributed by atoms with Gasteiger partial charge in [-0.15, -0.1) is 0 Å². The molecule has 0 bridgehead atoms. The number of hydrogen-bond acceptors (Lipinski definition) is 4. The largest absolute Gasteiger partial charge is 0.378 e. The SMILES string of the molecule is CCN(CC)c1ccc(NCc2cncn2CC)cn1. The third-order valence-electron chi connectivity index (χ3n) is 3.45. The van der Waals surface area contributed by atoms with Crippen LogP contribution < -0.4 is 10.2 Å². The minimum Gasteiger partial charge on any atom is -0.378 e. The van der Waals surface area contributed by atoms with Crippen LogP contribution in [0.3, 0.4) is 0 Å². The van der Waals surface area contributed by atoms with Gasteiger partial charge in [-0.1, -0.05) is 0 Å². The second-order valence-electron chi connectivity index (χ2n) is 4.60. The van der Waals surface area contributed by atoms with Crippen LogP contribution in [0.15, 0.2) is 30.9 Å². The molecule has 5 heteroatoms. The van der Waals surface area contributed by atoms with Gasteiger partial charge < -0.3 is 14.8 Å². The fraction of sp³-hybridized carbons (Fsp3) is 0.467. The Bertz CT molecular complexity index is 513. The molecule has 2 rings (SSSR count). The number of imidazole rings is 1. The fourth-order valence-corrected chi connectivity index (χ4v) is 2.20. The number of nitrogens with zero attached hydrogens (tertiary/aromatic N) is 4. The predicted octanol–water partition coefficient (Wildman–Crippen LogP) is 2.76. The zero-order valence-electron chi connectivity index (χ0n) is 12.5. The quantitative estimate of drug-likeness (QED) is 0.842. The van der Waals surface area contributed by atoms with Crippen LogP contribution in [-0.2, 0) is 13.1 Å². The average molecular weight is 273 g/mol. The van der Waals surface area contributed by atoms with Crippen LogP contribution >= 0.6 is 0 Å². The van der Waals surface area contributed by atoms with Gasteiger partial charge in [-0.25, -0.2) is 9.97 Å². The van der Waals surface area contributed by atoms with Gasteiger partial charge in [-0.3, -0.25) is 0 Å². The van der Waals surface area contributed by atoms with Gasteiger partial charge in [0.05, 0.1) is 30.5 Å². The highest BCUT2D eigenvalue weighted by Crippen LogP contribution is 2.14. The molecule has 0 unspecified atom stereocenters. The molecule has 0 atom stereocenters. The molecule has 2 heterocycles. The van der Waals surface area contributed by atoms with Crippen molar-refractivity contribution in [3.05, 3.63) is 36.5 Å². The number of aromatic nitrogens is 3. The number of hydrogen-bond donors (Lipinski definition) is 1. The third kappa shape index (κ3) is 3.29. The smallest absolute Gasteiger partial charge is 0.128 e. The molecule has 20 heavy (non-hydrogen) atoms. The standard InChI is InChI=1S/C15H23N5/c1-4-19(5-2)15-8-7-13(9-18-15)17-11-14-10-16-12-20(14)6-3/h7-10,12,17H,4-6,11H2,1-3H3. The molecule has 0 aromatic carbocycles. The van der Waals surface area contributed by atoms with Gasteiger partial charge in [-0.2, -0.15) is 0 Å². The molecule has 0 saturated heterocycles. The predicted molar refractivity (Wildman–Crippen MR) is 83.0 cm³/mol. The summed E-state index contributed by atoms with van der Waals surface area (Å²) in [6.45, 7) is 10.1. The first-order valence-corrected chi connectivity index (χ1v) is 7.22. The Labute approximate surface area is 120 Å². The van der Waals surface area contributed by atoms with E-state index >= 15 is 0 Å². The number of pyridine rings is 1. The summed E-state index contributed by atoms with van der Waals surface area (Å²) in [5.74, 6) is 1.03. The van der Waals surface area contributed by atoms with Crippen LogP contribution in [0.5, 0.6) is 0 Å². The van der Waals surface area contributed by atoms with Crippen molar-refractivity contribution in [2.75, 3.05) is 23.3 Å². The van der Waals surface area contributed by atoms with Gasteiger partial charge in [0.25, 0.3) is 0 Å². The highest BCUT2D eigenvalue weighted by Gasteiger charge is 2.04. The minimum absolute atomic E-state index is 0.764. The van der Waals surface area contributed by atoms with Crippen molar-refractivity contribution in [2.24, 2.45) is 0 Å². The summed E-state index contributed by atoms with van der Waals surface area (Å²) in [5.41, 5.74) is 2.21. The molecule has 0 saturated carbocycles. The molecule has 0 aliphatic heterocycles. The lowest BCUT2D eigenvalue weighted by Gasteiger charge is -2.19. The molecular formula is C15H23N5. The lowest BCUT2D eigenvalue weighted by molar-refractivity contribution is 0.719. The van der Waals surface area contributed by atoms with E-state index in [1.165, 1.54) is 5.69 Å². The van der Waals surface area contributed by atoms with E-state index in [-0.39, 0.29) is 0 Å². The van der Waals surface area contributed by atoms with Crippen LogP contribution in [0.4, 0.5) is 11.5 Å². The molecule has 0 amide bonds. The Morgan fingerprint density at radius 1 is 1.15 bits per heavy atom. The summed E-state index contributed by atoms with van der Waals surface area (Å²) in [6, 6.07) is 4.14. The maximum atomic E-state index is 4.50. The molecule has 0 aliphatic rings. The van der Waals surface area contributed by atoms with Gasteiger partial charge in [0, 0.05) is 25.8 Å². The van der Waals surface area contributed by atoms with Crippen LogP contribution in [0, 0.1) is 0 Å². The number of anilines is 2. The molecular weight excluding hydrogens is 250 g/mol. The first-order chi connectivity index (χ1) is 9.78. The lowest BCUT2D eigenvalue weighted by Crippen LogP contribution is -2.22. The van der Waals surface area contributed by atoms with Crippen molar-refractivity contribution in [3.63, 3.8) is 0 Å². The highest BCUT2D eigenvalue weighted by molar-refractivity contribution is 5.48. The molecule has 2 aromatic rings. The number of aryl methyl sites for hydroxylation is 1. The topological polar surface area (TPSA) is 46.0 Å². The van der Waals surface area contributed by atoms with E-state index < -0.39 is 0 Å². The van der Waals surface area contributed by atoms with Crippen LogP contribution in [-0.4, -0.2) is 27.6 Å². The van der Waals surface area contributed by atoms with E-state index in [9.17, 15) is 0 Å². The summed E-state index contributed by atoms with van der Waals surface area (Å²) >= 11 is 0. The van der Waals surface area contributed by atoms with Crippen molar-refractivity contribution < 1.29 is 0 Å². The van der Waals surface area contributed by atoms with E-state index in [2.05, 4.69) is 57.7 Å². The first kappa shape index (κ1) is 14.4. The summed E-state index contributed by atoms with van der Waals surface area (Å²) in [7, 11) is 0. The van der Waals surface area contributed by atoms with Gasteiger partial charge in [0.15, 0.2) is 0 Å². The summed E-state index contributed by atoms with van der Waals surface area (Å²) < 4.78 is 2.13. The molecule has 0 aliphatic carbocycles. The maximum Gasteiger partial charge on any atom is 0.128 e. The Balaban J connectivity index is 1.97. The highest BCUT2D eigenvalue weighted by atomic mass is 15.2. The fourth-order valence-electron chi connectivity index (χ4n) is 2.20. The zero-order valence-corrected chi connectivity index (χ0v) is 12.5. The molecule has 5 nitrogen and oxygen atoms in total. The van der Waals surface area contributed by atoms with E-state index in [0.29, 0.717) is 0 Å². The second-order valence-corrected chi connectivity index (χ2v) is 4.60. The molecule has 0 spiro atoms.